The van der Waals surface area contributed by atoms with Crippen molar-refractivity contribution in [3.63, 3.8) is 0 Å². The van der Waals surface area contributed by atoms with Gasteiger partial charge in [-0.2, -0.15) is 0 Å². The van der Waals surface area contributed by atoms with Gasteiger partial charge in [0.05, 0.1) is 0 Å². The topological polar surface area (TPSA) is 32.3 Å². The van der Waals surface area contributed by atoms with Crippen molar-refractivity contribution in [2.75, 3.05) is 20.1 Å². The molecule has 1 aliphatic carbocycles. The maximum Gasteiger partial charge on any atom is 0.298 e. The smallest absolute Gasteiger partial charge is 0.298 e. The van der Waals surface area contributed by atoms with E-state index >= 15 is 0 Å². The molecule has 0 aromatic carbocycles. The highest BCUT2D eigenvalue weighted by molar-refractivity contribution is 5.93. The molecule has 1 saturated carbocycles. The second-order valence-corrected chi connectivity index (χ2v) is 4.40. The molecule has 0 unspecified atom stereocenters. The number of amides is 1. The molecule has 2 fully saturated rings. The number of piperidine rings is 1. The van der Waals surface area contributed by atoms with Crippen LogP contribution in [0.15, 0.2) is 0 Å². The fourth-order valence-corrected chi connectivity index (χ4v) is 1.84. The van der Waals surface area contributed by atoms with Gasteiger partial charge in [-0.25, -0.2) is 0 Å². The van der Waals surface area contributed by atoms with E-state index in [2.05, 4.69) is 17.2 Å². The van der Waals surface area contributed by atoms with Crippen molar-refractivity contribution in [3.8, 4) is 11.8 Å². The Hall–Kier alpha value is -1.01. The molecule has 1 saturated heterocycles. The van der Waals surface area contributed by atoms with Gasteiger partial charge in [-0.3, -0.25) is 4.79 Å². The van der Waals surface area contributed by atoms with E-state index in [0.29, 0.717) is 12.0 Å². The third-order valence-electron chi connectivity index (χ3n) is 3.15. The highest BCUT2D eigenvalue weighted by Crippen LogP contribution is 2.27. The van der Waals surface area contributed by atoms with Crippen LogP contribution >= 0.6 is 0 Å². The number of hydrogen-bond acceptors (Lipinski definition) is 2. The summed E-state index contributed by atoms with van der Waals surface area (Å²) in [5.41, 5.74) is 0. The van der Waals surface area contributed by atoms with Gasteiger partial charge in [-0.05, 0) is 38.7 Å². The molecule has 2 aliphatic rings. The number of nitrogens with one attached hydrogen (secondary N) is 1. The van der Waals surface area contributed by atoms with Crippen LogP contribution in [0.3, 0.4) is 0 Å². The number of carbonyl (C=O) groups excluding carboxylic acids is 1. The third kappa shape index (κ3) is 2.97. The normalized spacial score (nSPS) is 22.1. The summed E-state index contributed by atoms with van der Waals surface area (Å²) in [5, 5.41) is 3.25. The average molecular weight is 206 g/mol. The lowest BCUT2D eigenvalue weighted by atomic mass is 10.1. The first-order valence-electron chi connectivity index (χ1n) is 5.77. The molecule has 3 nitrogen and oxygen atoms in total. The Balaban J connectivity index is 1.79. The molecule has 1 heterocycles. The molecular weight excluding hydrogens is 188 g/mol. The summed E-state index contributed by atoms with van der Waals surface area (Å²) in [5.74, 6) is 6.33. The number of hydrogen-bond donors (Lipinski definition) is 1. The molecule has 0 atom stereocenters. The molecule has 0 aromatic heterocycles. The van der Waals surface area contributed by atoms with Gasteiger partial charge in [0.2, 0.25) is 0 Å². The Bertz CT molecular complexity index is 290. The predicted octanol–water partition coefficient (Wildman–Crippen LogP) is 0.610. The standard InChI is InChI=1S/C12H18N2O/c1-13-11-6-8-14(9-7-11)12(15)5-4-10-2-3-10/h10-11,13H,2-3,6-9H2,1H3. The highest BCUT2D eigenvalue weighted by atomic mass is 16.2. The molecule has 0 spiro atoms. The van der Waals surface area contributed by atoms with Crippen LogP contribution in [0.4, 0.5) is 0 Å². The molecule has 1 amide bonds. The molecule has 2 rings (SSSR count). The second kappa shape index (κ2) is 4.67. The lowest BCUT2D eigenvalue weighted by Crippen LogP contribution is -2.43. The van der Waals surface area contributed by atoms with E-state index < -0.39 is 0 Å². The molecule has 1 N–H and O–H groups in total. The number of likely N-dealkylation sites (tertiary alicyclic amines) is 1. The zero-order valence-electron chi connectivity index (χ0n) is 9.25. The molecular formula is C12H18N2O. The summed E-state index contributed by atoms with van der Waals surface area (Å²) in [6.45, 7) is 1.70. The monoisotopic (exact) mass is 206 g/mol. The summed E-state index contributed by atoms with van der Waals surface area (Å²) >= 11 is 0. The van der Waals surface area contributed by atoms with Crippen LogP contribution in [-0.2, 0) is 4.79 Å². The van der Waals surface area contributed by atoms with Gasteiger partial charge in [0.15, 0.2) is 0 Å². The van der Waals surface area contributed by atoms with Crippen molar-refractivity contribution >= 4 is 5.91 Å². The lowest BCUT2D eigenvalue weighted by Gasteiger charge is -2.30. The van der Waals surface area contributed by atoms with Crippen LogP contribution in [0.5, 0.6) is 0 Å². The maximum absolute atomic E-state index is 11.7. The molecule has 3 heteroatoms. The van der Waals surface area contributed by atoms with Gasteiger partial charge < -0.3 is 10.2 Å². The van der Waals surface area contributed by atoms with E-state index in [-0.39, 0.29) is 5.91 Å². The van der Waals surface area contributed by atoms with Gasteiger partial charge in [0.25, 0.3) is 5.91 Å². The van der Waals surface area contributed by atoms with Crippen molar-refractivity contribution in [1.29, 1.82) is 0 Å². The fraction of sp³-hybridized carbons (Fsp3) is 0.750. The Kier molecular flexibility index (Phi) is 3.27. The van der Waals surface area contributed by atoms with Crippen LogP contribution in [0.2, 0.25) is 0 Å². The minimum atomic E-state index is 0.0245. The van der Waals surface area contributed by atoms with E-state index in [0.717, 1.165) is 25.9 Å². The van der Waals surface area contributed by atoms with Gasteiger partial charge in [0, 0.05) is 25.0 Å². The summed E-state index contributed by atoms with van der Waals surface area (Å²) < 4.78 is 0. The highest BCUT2D eigenvalue weighted by Gasteiger charge is 2.22. The van der Waals surface area contributed by atoms with Gasteiger partial charge in [0.1, 0.15) is 0 Å². The Morgan fingerprint density at radius 1 is 1.27 bits per heavy atom. The molecule has 82 valence electrons. The molecule has 0 aromatic rings. The van der Waals surface area contributed by atoms with E-state index in [1.165, 1.54) is 12.8 Å². The first kappa shape index (κ1) is 10.5. The Labute approximate surface area is 91.2 Å². The van der Waals surface area contributed by atoms with Gasteiger partial charge >= 0.3 is 0 Å². The number of rotatable bonds is 1. The molecule has 15 heavy (non-hydrogen) atoms. The fourth-order valence-electron chi connectivity index (χ4n) is 1.84. The average Bonchev–Trinajstić information content (AvgIpc) is 3.10. The molecule has 0 radical (unpaired) electrons. The van der Waals surface area contributed by atoms with Crippen molar-refractivity contribution < 1.29 is 4.79 Å². The first-order valence-corrected chi connectivity index (χ1v) is 5.77. The Morgan fingerprint density at radius 3 is 2.47 bits per heavy atom. The number of carbonyl (C=O) groups is 1. The van der Waals surface area contributed by atoms with Crippen molar-refractivity contribution in [2.24, 2.45) is 5.92 Å². The minimum absolute atomic E-state index is 0.0245. The summed E-state index contributed by atoms with van der Waals surface area (Å²) in [6.07, 6.45) is 4.46. The van der Waals surface area contributed by atoms with Crippen LogP contribution in [-0.4, -0.2) is 37.0 Å². The molecule has 0 bridgehead atoms. The molecule has 1 aliphatic heterocycles. The van der Waals surface area contributed by atoms with Crippen LogP contribution in [0, 0.1) is 17.8 Å². The summed E-state index contributed by atoms with van der Waals surface area (Å²) in [4.78, 5) is 13.5. The maximum atomic E-state index is 11.7. The van der Waals surface area contributed by atoms with Crippen LogP contribution in [0.1, 0.15) is 25.7 Å². The largest absolute Gasteiger partial charge is 0.332 e. The van der Waals surface area contributed by atoms with Gasteiger partial charge in [-0.15, -0.1) is 0 Å². The summed E-state index contributed by atoms with van der Waals surface area (Å²) in [6, 6.07) is 0.574. The predicted molar refractivity (Wildman–Crippen MR) is 59.2 cm³/mol. The Morgan fingerprint density at radius 2 is 1.93 bits per heavy atom. The second-order valence-electron chi connectivity index (χ2n) is 4.40. The zero-order valence-corrected chi connectivity index (χ0v) is 9.25. The van der Waals surface area contributed by atoms with E-state index in [1.54, 1.807) is 0 Å². The lowest BCUT2D eigenvalue weighted by molar-refractivity contribution is -0.126. The van der Waals surface area contributed by atoms with Crippen LogP contribution in [0.25, 0.3) is 0 Å². The van der Waals surface area contributed by atoms with E-state index in [4.69, 9.17) is 0 Å². The minimum Gasteiger partial charge on any atom is -0.332 e. The van der Waals surface area contributed by atoms with Crippen molar-refractivity contribution in [1.82, 2.24) is 10.2 Å². The quantitative estimate of drug-likeness (QED) is 0.638. The SMILES string of the molecule is CNC1CCN(C(=O)C#CC2CC2)CC1. The number of nitrogens with zero attached hydrogens (tertiary/aromatic N) is 1. The first-order chi connectivity index (χ1) is 7.29. The third-order valence-corrected chi connectivity index (χ3v) is 3.15. The van der Waals surface area contributed by atoms with Crippen molar-refractivity contribution in [2.45, 2.75) is 31.7 Å². The van der Waals surface area contributed by atoms with Gasteiger partial charge in [-0.1, -0.05) is 5.92 Å². The van der Waals surface area contributed by atoms with E-state index in [9.17, 15) is 4.79 Å². The zero-order chi connectivity index (χ0) is 10.7. The van der Waals surface area contributed by atoms with Crippen molar-refractivity contribution in [3.05, 3.63) is 0 Å². The van der Waals surface area contributed by atoms with E-state index in [1.807, 2.05) is 11.9 Å². The summed E-state index contributed by atoms with van der Waals surface area (Å²) in [7, 11) is 1.98. The van der Waals surface area contributed by atoms with Crippen LogP contribution < -0.4 is 5.32 Å².